The largest absolute Gasteiger partial charge is 0.497 e. The van der Waals surface area contributed by atoms with Crippen LogP contribution in [-0.2, 0) is 9.59 Å². The number of halogens is 4. The lowest BCUT2D eigenvalue weighted by atomic mass is 9.81. The Bertz CT molecular complexity index is 1270. The number of nitrogens with zero attached hydrogens (tertiary/aromatic N) is 2. The van der Waals surface area contributed by atoms with Gasteiger partial charge in [0.05, 0.1) is 29.0 Å². The Hall–Kier alpha value is -1.94. The first-order chi connectivity index (χ1) is 17.6. The zero-order chi connectivity index (χ0) is 26.8. The molecule has 2 saturated carbocycles. The van der Waals surface area contributed by atoms with Gasteiger partial charge in [0.15, 0.2) is 5.78 Å². The molecule has 0 unspecified atom stereocenters. The van der Waals surface area contributed by atoms with Gasteiger partial charge in [-0.1, -0.05) is 55.1 Å². The van der Waals surface area contributed by atoms with Crippen LogP contribution in [0.1, 0.15) is 34.1 Å². The minimum absolute atomic E-state index is 0.0352. The minimum Gasteiger partial charge on any atom is -0.497 e. The lowest BCUT2D eigenvalue weighted by Gasteiger charge is -2.35. The Balaban J connectivity index is 1.55. The minimum atomic E-state index is -1.17. The summed E-state index contributed by atoms with van der Waals surface area (Å²) >= 11 is 19.6. The third-order valence-corrected chi connectivity index (χ3v) is 11.6. The van der Waals surface area contributed by atoms with Gasteiger partial charge in [0.25, 0.3) is 17.7 Å². The van der Waals surface area contributed by atoms with Crippen LogP contribution in [0, 0.1) is 23.7 Å². The second-order valence-electron chi connectivity index (χ2n) is 9.54. The van der Waals surface area contributed by atoms with E-state index in [1.165, 1.54) is 32.2 Å². The average molecular weight is 673 g/mol. The van der Waals surface area contributed by atoms with Crippen molar-refractivity contribution in [3.63, 3.8) is 0 Å². The summed E-state index contributed by atoms with van der Waals surface area (Å²) in [7, 11) is 1.51. The number of Topliss-reactive ketones (excluding diaryl/α,β-unsaturated/α-hetero) is 1. The highest BCUT2D eigenvalue weighted by atomic mass is 79.9. The summed E-state index contributed by atoms with van der Waals surface area (Å²) in [6.07, 6.45) is 0.744. The molecule has 2 aromatic carbocycles. The van der Waals surface area contributed by atoms with Gasteiger partial charge >= 0.3 is 0 Å². The van der Waals surface area contributed by atoms with Crippen molar-refractivity contribution in [3.05, 3.63) is 63.6 Å². The monoisotopic (exact) mass is 670 g/mol. The van der Waals surface area contributed by atoms with Gasteiger partial charge in [-0.2, -0.15) is 5.01 Å². The normalized spacial score (nSPS) is 28.9. The Kier molecular flexibility index (Phi) is 7.19. The molecule has 37 heavy (non-hydrogen) atoms. The van der Waals surface area contributed by atoms with E-state index in [1.807, 2.05) is 0 Å². The molecule has 11 heteroatoms. The predicted molar refractivity (Wildman–Crippen MR) is 145 cm³/mol. The molecule has 2 bridgehead atoms. The topological polar surface area (TPSA) is 84.0 Å². The molecular weight excluding hydrogens is 651 g/mol. The molecule has 5 rings (SSSR count). The summed E-state index contributed by atoms with van der Waals surface area (Å²) in [6, 6.07) is 9.52. The Morgan fingerprint density at radius 2 is 1.49 bits per heavy atom. The first kappa shape index (κ1) is 26.7. The molecule has 3 amide bonds. The molecule has 1 heterocycles. The number of hydrogen-bond acceptors (Lipinski definition) is 5. The maximum atomic E-state index is 13.9. The van der Waals surface area contributed by atoms with E-state index >= 15 is 0 Å². The summed E-state index contributed by atoms with van der Waals surface area (Å²) in [5.74, 6) is -2.70. The number of ketones is 1. The fourth-order valence-corrected chi connectivity index (χ4v) is 8.03. The van der Waals surface area contributed by atoms with Crippen LogP contribution < -0.4 is 4.74 Å². The first-order valence-corrected chi connectivity index (χ1v) is 14.3. The molecule has 1 aliphatic heterocycles. The van der Waals surface area contributed by atoms with E-state index in [2.05, 4.69) is 31.9 Å². The number of hydrazine groups is 1. The second-order valence-corrected chi connectivity index (χ2v) is 12.5. The van der Waals surface area contributed by atoms with E-state index in [1.54, 1.807) is 24.3 Å². The first-order valence-electron chi connectivity index (χ1n) is 11.7. The summed E-state index contributed by atoms with van der Waals surface area (Å²) in [6.45, 7) is 1.51. The highest BCUT2D eigenvalue weighted by Crippen LogP contribution is 2.60. The lowest BCUT2D eigenvalue weighted by molar-refractivity contribution is -0.157. The molecule has 0 radical (unpaired) electrons. The third-order valence-electron chi connectivity index (χ3n) is 7.67. The van der Waals surface area contributed by atoms with Gasteiger partial charge in [0, 0.05) is 20.8 Å². The van der Waals surface area contributed by atoms with Gasteiger partial charge in [-0.3, -0.25) is 19.2 Å². The highest BCUT2D eigenvalue weighted by Gasteiger charge is 2.68. The van der Waals surface area contributed by atoms with Gasteiger partial charge in [0.1, 0.15) is 11.8 Å². The number of ether oxygens (including phenoxy) is 1. The number of benzene rings is 2. The molecule has 0 aromatic heterocycles. The van der Waals surface area contributed by atoms with E-state index in [4.69, 9.17) is 27.9 Å². The molecule has 0 spiro atoms. The Labute approximate surface area is 240 Å². The van der Waals surface area contributed by atoms with Crippen molar-refractivity contribution in [2.75, 3.05) is 7.11 Å². The Morgan fingerprint density at radius 3 is 2.00 bits per heavy atom. The van der Waals surface area contributed by atoms with Crippen molar-refractivity contribution in [2.24, 2.45) is 23.7 Å². The number of rotatable bonds is 6. The van der Waals surface area contributed by atoms with Crippen LogP contribution in [0.25, 0.3) is 0 Å². The molecule has 1 saturated heterocycles. The number of carbonyl (C=O) groups is 4. The number of fused-ring (bicyclic) bond motifs is 5. The SMILES string of the molecule is COc1ccc(C(=O)[C@H](C)N(C(=O)c2ccc(Cl)c(Cl)c2)N2C(=O)[C@@H]3[C@H]4C[C@@H]([C@H](Br)[C@H]4Br)[C@H]3C2=O)cc1. The van der Waals surface area contributed by atoms with Gasteiger partial charge in [-0.05, 0) is 67.6 Å². The number of alkyl halides is 2. The second kappa shape index (κ2) is 9.98. The van der Waals surface area contributed by atoms with E-state index in [0.29, 0.717) is 11.3 Å². The van der Waals surface area contributed by atoms with Crippen LogP contribution in [0.3, 0.4) is 0 Å². The van der Waals surface area contributed by atoms with Gasteiger partial charge in [-0.15, -0.1) is 0 Å². The van der Waals surface area contributed by atoms with Crippen LogP contribution in [0.15, 0.2) is 42.5 Å². The fraction of sp³-hybridized carbons (Fsp3) is 0.385. The molecule has 3 fully saturated rings. The van der Waals surface area contributed by atoms with Gasteiger partial charge < -0.3 is 4.74 Å². The standard InChI is InChI=1S/C26H22Br2Cl2N2O5/c1-11(23(33)12-3-6-14(37-2)7-4-12)31(24(34)13-5-8-17(29)18(30)9-13)32-25(35)19-15-10-16(20(19)26(32)36)22(28)21(15)27/h3-9,11,15-16,19-22H,10H2,1-2H3/t11-,15+,16+,19+,20+,21-,22-/m0/s1. The molecule has 2 aromatic rings. The summed E-state index contributed by atoms with van der Waals surface area (Å²) in [5.41, 5.74) is 0.404. The highest BCUT2D eigenvalue weighted by molar-refractivity contribution is 9.12. The number of hydrogen-bond donors (Lipinski definition) is 0. The lowest BCUT2D eigenvalue weighted by Crippen LogP contribution is -2.57. The van der Waals surface area contributed by atoms with Gasteiger partial charge in [0.2, 0.25) is 0 Å². The fourth-order valence-electron chi connectivity index (χ4n) is 5.85. The predicted octanol–water partition coefficient (Wildman–Crippen LogP) is 5.41. The van der Waals surface area contributed by atoms with E-state index in [9.17, 15) is 19.2 Å². The third kappa shape index (κ3) is 4.22. The zero-order valence-electron chi connectivity index (χ0n) is 19.7. The van der Waals surface area contributed by atoms with E-state index in [0.717, 1.165) is 16.4 Å². The van der Waals surface area contributed by atoms with Crippen LogP contribution in [0.2, 0.25) is 10.0 Å². The smallest absolute Gasteiger partial charge is 0.273 e. The molecule has 7 atom stereocenters. The molecule has 0 N–H and O–H groups in total. The number of carbonyl (C=O) groups excluding carboxylic acids is 4. The van der Waals surface area contributed by atoms with Crippen LogP contribution >= 0.6 is 55.1 Å². The van der Waals surface area contributed by atoms with E-state index in [-0.39, 0.29) is 37.1 Å². The quantitative estimate of drug-likeness (QED) is 0.233. The average Bonchev–Trinajstić information content (AvgIpc) is 3.51. The summed E-state index contributed by atoms with van der Waals surface area (Å²) < 4.78 is 5.16. The van der Waals surface area contributed by atoms with Crippen molar-refractivity contribution in [3.8, 4) is 5.75 Å². The number of imide groups is 1. The molecule has 2 aliphatic carbocycles. The van der Waals surface area contributed by atoms with Crippen LogP contribution in [-0.4, -0.2) is 56.3 Å². The van der Waals surface area contributed by atoms with Crippen LogP contribution in [0.4, 0.5) is 0 Å². The van der Waals surface area contributed by atoms with Crippen molar-refractivity contribution >= 4 is 78.6 Å². The van der Waals surface area contributed by atoms with Crippen molar-refractivity contribution in [1.29, 1.82) is 0 Å². The maximum absolute atomic E-state index is 13.9. The summed E-state index contributed by atoms with van der Waals surface area (Å²) in [4.78, 5) is 55.1. The maximum Gasteiger partial charge on any atom is 0.273 e. The molecule has 3 aliphatic rings. The number of amides is 3. The van der Waals surface area contributed by atoms with E-state index < -0.39 is 41.4 Å². The van der Waals surface area contributed by atoms with Gasteiger partial charge in [-0.25, -0.2) is 5.01 Å². The van der Waals surface area contributed by atoms with Crippen molar-refractivity contribution < 1.29 is 23.9 Å². The number of methoxy groups -OCH3 is 1. The van der Waals surface area contributed by atoms with Crippen LogP contribution in [0.5, 0.6) is 5.75 Å². The zero-order valence-corrected chi connectivity index (χ0v) is 24.4. The summed E-state index contributed by atoms with van der Waals surface area (Å²) in [5, 5.41) is 2.27. The Morgan fingerprint density at radius 1 is 0.946 bits per heavy atom. The molecular formula is C26H22Br2Cl2N2O5. The molecule has 194 valence electrons. The van der Waals surface area contributed by atoms with Crippen molar-refractivity contribution in [2.45, 2.75) is 29.0 Å². The van der Waals surface area contributed by atoms with Crippen molar-refractivity contribution in [1.82, 2.24) is 10.0 Å². The molecule has 7 nitrogen and oxygen atoms in total.